The van der Waals surface area contributed by atoms with Crippen LogP contribution in [0.5, 0.6) is 0 Å². The molecular weight excluding hydrogens is 458 g/mol. The maximum Gasteiger partial charge on any atom is 0.261 e. The molecule has 0 unspecified atom stereocenters. The highest BCUT2D eigenvalue weighted by atomic mass is 32.2. The molecule has 0 bridgehead atoms. The highest BCUT2D eigenvalue weighted by Gasteiger charge is 2.17. The van der Waals surface area contributed by atoms with Crippen molar-refractivity contribution in [1.82, 2.24) is 15.0 Å². The van der Waals surface area contributed by atoms with Gasteiger partial charge in [-0.3, -0.25) is 9.52 Å². The molecule has 3 N–H and O–H groups in total. The first-order valence-electron chi connectivity index (χ1n) is 9.92. The molecule has 0 aliphatic carbocycles. The van der Waals surface area contributed by atoms with Gasteiger partial charge in [-0.05, 0) is 42.7 Å². The van der Waals surface area contributed by atoms with Gasteiger partial charge in [0.25, 0.3) is 10.0 Å². The molecule has 0 spiro atoms. The van der Waals surface area contributed by atoms with Crippen LogP contribution < -0.4 is 10.0 Å². The van der Waals surface area contributed by atoms with Crippen LogP contribution in [0.15, 0.2) is 83.0 Å². The lowest BCUT2D eigenvalue weighted by Crippen LogP contribution is -2.12. The van der Waals surface area contributed by atoms with Crippen LogP contribution in [-0.4, -0.2) is 35.5 Å². The summed E-state index contributed by atoms with van der Waals surface area (Å²) in [4.78, 5) is 23.8. The van der Waals surface area contributed by atoms with E-state index in [1.54, 1.807) is 60.8 Å². The number of pyridine rings is 1. The van der Waals surface area contributed by atoms with E-state index in [-0.39, 0.29) is 10.8 Å². The van der Waals surface area contributed by atoms with Crippen molar-refractivity contribution < 1.29 is 13.2 Å². The zero-order chi connectivity index (χ0) is 23.4. The third-order valence-electron chi connectivity index (χ3n) is 4.67. The smallest absolute Gasteiger partial charge is 0.261 e. The van der Waals surface area contributed by atoms with Crippen LogP contribution >= 0.6 is 11.8 Å². The number of rotatable bonds is 7. The van der Waals surface area contributed by atoms with Crippen LogP contribution in [-0.2, 0) is 14.8 Å². The Morgan fingerprint density at radius 1 is 1.00 bits per heavy atom. The van der Waals surface area contributed by atoms with E-state index in [2.05, 4.69) is 25.0 Å². The molecule has 4 aromatic rings. The predicted molar refractivity (Wildman–Crippen MR) is 131 cm³/mol. The summed E-state index contributed by atoms with van der Waals surface area (Å²) in [5, 5.41) is 3.38. The fourth-order valence-corrected chi connectivity index (χ4v) is 4.70. The first-order chi connectivity index (χ1) is 15.9. The van der Waals surface area contributed by atoms with Crippen molar-refractivity contribution in [3.63, 3.8) is 0 Å². The third-order valence-corrected chi connectivity index (χ3v) is 6.65. The molecule has 168 valence electrons. The van der Waals surface area contributed by atoms with Gasteiger partial charge in [-0.1, -0.05) is 42.1 Å². The topological polar surface area (TPSA) is 117 Å². The van der Waals surface area contributed by atoms with Gasteiger partial charge >= 0.3 is 0 Å². The molecule has 4 rings (SSSR count). The summed E-state index contributed by atoms with van der Waals surface area (Å²) in [6.45, 7) is 1.42. The van der Waals surface area contributed by atoms with Crippen LogP contribution in [0.4, 0.5) is 11.5 Å². The van der Waals surface area contributed by atoms with Crippen molar-refractivity contribution >= 4 is 39.2 Å². The lowest BCUT2D eigenvalue weighted by atomic mass is 10.1. The molecular formula is C23H21N5O3S2. The van der Waals surface area contributed by atoms with Crippen LogP contribution in [0.25, 0.3) is 22.5 Å². The molecule has 2 heterocycles. The number of sulfonamides is 1. The molecule has 1 amide bonds. The number of carbonyl (C=O) groups is 1. The Balaban J connectivity index is 1.72. The Morgan fingerprint density at radius 2 is 1.79 bits per heavy atom. The summed E-state index contributed by atoms with van der Waals surface area (Å²) in [6, 6.07) is 18.8. The second-order valence-electron chi connectivity index (χ2n) is 7.08. The van der Waals surface area contributed by atoms with Crippen LogP contribution in [0, 0.1) is 0 Å². The number of hydrogen-bond acceptors (Lipinski definition) is 6. The Morgan fingerprint density at radius 3 is 2.52 bits per heavy atom. The highest BCUT2D eigenvalue weighted by Crippen LogP contribution is 2.34. The van der Waals surface area contributed by atoms with E-state index < -0.39 is 10.0 Å². The van der Waals surface area contributed by atoms with Gasteiger partial charge in [-0.2, -0.15) is 0 Å². The fraction of sp³-hybridized carbons (Fsp3) is 0.0870. The molecule has 0 saturated carbocycles. The summed E-state index contributed by atoms with van der Waals surface area (Å²) in [5.41, 5.74) is 3.32. The number of benzene rings is 2. The minimum absolute atomic E-state index is 0.183. The van der Waals surface area contributed by atoms with E-state index in [0.29, 0.717) is 22.4 Å². The van der Waals surface area contributed by atoms with Gasteiger partial charge in [-0.25, -0.2) is 18.4 Å². The van der Waals surface area contributed by atoms with Gasteiger partial charge < -0.3 is 10.3 Å². The maximum atomic E-state index is 12.7. The Bertz CT molecular complexity index is 1400. The summed E-state index contributed by atoms with van der Waals surface area (Å²) in [6.07, 6.45) is 3.51. The van der Waals surface area contributed by atoms with Gasteiger partial charge in [0.15, 0.2) is 5.16 Å². The number of aromatic nitrogens is 3. The molecule has 8 nitrogen and oxygen atoms in total. The first kappa shape index (κ1) is 22.6. The van der Waals surface area contributed by atoms with Gasteiger partial charge in [0.2, 0.25) is 5.91 Å². The van der Waals surface area contributed by atoms with E-state index in [9.17, 15) is 13.2 Å². The standard InChI is InChI=1S/C23H21N5O3S2/c1-15(29)25-20-14-17(11-12-24-20)22-21(26-23(27-22)32-2)16-7-6-8-18(13-16)28-33(30,31)19-9-4-3-5-10-19/h3-14,28H,1-2H3,(H,26,27)(H,24,25,29). The Kier molecular flexibility index (Phi) is 6.47. The summed E-state index contributed by atoms with van der Waals surface area (Å²) in [7, 11) is -3.72. The van der Waals surface area contributed by atoms with Gasteiger partial charge in [0.1, 0.15) is 5.82 Å². The number of amides is 1. The van der Waals surface area contributed by atoms with Gasteiger partial charge in [0, 0.05) is 29.9 Å². The number of hydrogen-bond donors (Lipinski definition) is 3. The van der Waals surface area contributed by atoms with Crippen molar-refractivity contribution in [2.24, 2.45) is 0 Å². The number of anilines is 2. The number of H-pyrrole nitrogens is 1. The van der Waals surface area contributed by atoms with Crippen molar-refractivity contribution in [2.75, 3.05) is 16.3 Å². The molecule has 0 aliphatic heterocycles. The molecule has 0 saturated heterocycles. The van der Waals surface area contributed by atoms with Crippen LogP contribution in [0.3, 0.4) is 0 Å². The summed E-state index contributed by atoms with van der Waals surface area (Å²) >= 11 is 1.46. The molecule has 0 aliphatic rings. The summed E-state index contributed by atoms with van der Waals surface area (Å²) in [5.74, 6) is 0.211. The van der Waals surface area contributed by atoms with E-state index in [1.807, 2.05) is 18.4 Å². The SMILES string of the molecule is CSc1nc(-c2cccc(NS(=O)(=O)c3ccccc3)c2)c(-c2ccnc(NC(C)=O)c2)[nH]1. The zero-order valence-electron chi connectivity index (χ0n) is 17.9. The number of thioether (sulfide) groups is 1. The zero-order valence-corrected chi connectivity index (χ0v) is 19.5. The minimum Gasteiger partial charge on any atom is -0.332 e. The van der Waals surface area contributed by atoms with Gasteiger partial charge in [0.05, 0.1) is 16.3 Å². The van der Waals surface area contributed by atoms with Gasteiger partial charge in [-0.15, -0.1) is 0 Å². The minimum atomic E-state index is -3.72. The van der Waals surface area contributed by atoms with E-state index in [4.69, 9.17) is 0 Å². The number of aromatic amines is 1. The largest absolute Gasteiger partial charge is 0.332 e. The molecule has 2 aromatic carbocycles. The maximum absolute atomic E-state index is 12.7. The van der Waals surface area contributed by atoms with E-state index in [0.717, 1.165) is 16.8 Å². The number of nitrogens with zero attached hydrogens (tertiary/aromatic N) is 2. The second-order valence-corrected chi connectivity index (χ2v) is 9.56. The van der Waals surface area contributed by atoms with Crippen LogP contribution in [0.2, 0.25) is 0 Å². The van der Waals surface area contributed by atoms with Crippen molar-refractivity contribution in [1.29, 1.82) is 0 Å². The van der Waals surface area contributed by atoms with Crippen molar-refractivity contribution in [3.05, 3.63) is 72.9 Å². The number of imidazole rings is 1. The Labute approximate surface area is 195 Å². The average Bonchev–Trinajstić information content (AvgIpc) is 3.24. The highest BCUT2D eigenvalue weighted by molar-refractivity contribution is 7.98. The molecule has 33 heavy (non-hydrogen) atoms. The monoisotopic (exact) mass is 479 g/mol. The normalized spacial score (nSPS) is 11.2. The van der Waals surface area contributed by atoms with Crippen LogP contribution in [0.1, 0.15) is 6.92 Å². The molecule has 0 atom stereocenters. The quantitative estimate of drug-likeness (QED) is 0.333. The molecule has 0 radical (unpaired) electrons. The second kappa shape index (κ2) is 9.47. The van der Waals surface area contributed by atoms with Crippen molar-refractivity contribution in [2.45, 2.75) is 17.0 Å². The first-order valence-corrected chi connectivity index (χ1v) is 12.6. The molecule has 2 aromatic heterocycles. The third kappa shape index (κ3) is 5.24. The number of nitrogens with one attached hydrogen (secondary N) is 3. The Hall–Kier alpha value is -3.63. The lowest BCUT2D eigenvalue weighted by molar-refractivity contribution is -0.114. The fourth-order valence-electron chi connectivity index (χ4n) is 3.24. The molecule has 10 heteroatoms. The average molecular weight is 480 g/mol. The van der Waals surface area contributed by atoms with Crippen molar-refractivity contribution in [3.8, 4) is 22.5 Å². The van der Waals surface area contributed by atoms with E-state index >= 15 is 0 Å². The van der Waals surface area contributed by atoms with E-state index in [1.165, 1.54) is 18.7 Å². The molecule has 0 fully saturated rings. The summed E-state index contributed by atoms with van der Waals surface area (Å²) < 4.78 is 28.1. The predicted octanol–water partition coefficient (Wildman–Crippen LogP) is 4.62. The lowest BCUT2D eigenvalue weighted by Gasteiger charge is -2.10. The number of carbonyl (C=O) groups excluding carboxylic acids is 1.